The number of hydrogen-bond donors (Lipinski definition) is 1. The molecule has 0 bridgehead atoms. The molecule has 0 saturated carbocycles. The highest BCUT2D eigenvalue weighted by Crippen LogP contribution is 2.18. The molecule has 0 radical (unpaired) electrons. The second-order valence-corrected chi connectivity index (χ2v) is 5.02. The highest BCUT2D eigenvalue weighted by atomic mass is 16.5. The molecule has 2 heterocycles. The third-order valence-corrected chi connectivity index (χ3v) is 3.12. The summed E-state index contributed by atoms with van der Waals surface area (Å²) < 4.78 is 6.51. The van der Waals surface area contributed by atoms with Crippen LogP contribution in [-0.2, 0) is 9.53 Å². The number of anilines is 2. The zero-order valence-electron chi connectivity index (χ0n) is 13.6. The smallest absolute Gasteiger partial charge is 0.330 e. The van der Waals surface area contributed by atoms with Crippen LogP contribution in [0.5, 0.6) is 0 Å². The van der Waals surface area contributed by atoms with Gasteiger partial charge in [0.05, 0.1) is 18.5 Å². The van der Waals surface area contributed by atoms with E-state index in [9.17, 15) is 4.79 Å². The van der Waals surface area contributed by atoms with Gasteiger partial charge in [-0.1, -0.05) is 0 Å². The van der Waals surface area contributed by atoms with Gasteiger partial charge in [-0.05, 0) is 19.9 Å². The largest absolute Gasteiger partial charge is 0.463 e. The van der Waals surface area contributed by atoms with Gasteiger partial charge in [0.25, 0.3) is 0 Å². The summed E-state index contributed by atoms with van der Waals surface area (Å²) in [4.78, 5) is 21.6. The normalized spacial score (nSPS) is 11.0. The molecule has 0 aromatic carbocycles. The van der Waals surface area contributed by atoms with E-state index < -0.39 is 0 Å². The molecule has 8 heteroatoms. The van der Waals surface area contributed by atoms with Gasteiger partial charge in [-0.25, -0.2) is 9.48 Å². The van der Waals surface area contributed by atoms with Crippen LogP contribution in [-0.4, -0.2) is 46.4 Å². The Morgan fingerprint density at radius 3 is 2.83 bits per heavy atom. The molecule has 0 aliphatic rings. The molecule has 2 rings (SSSR count). The third-order valence-electron chi connectivity index (χ3n) is 3.12. The van der Waals surface area contributed by atoms with Crippen molar-refractivity contribution in [2.24, 2.45) is 0 Å². The average molecular weight is 316 g/mol. The van der Waals surface area contributed by atoms with E-state index in [-0.39, 0.29) is 11.9 Å². The van der Waals surface area contributed by atoms with Crippen LogP contribution in [0.1, 0.15) is 18.2 Å². The number of carbonyl (C=O) groups excluding carboxylic acids is 1. The molecule has 2 aromatic rings. The fourth-order valence-corrected chi connectivity index (χ4v) is 1.94. The van der Waals surface area contributed by atoms with E-state index in [4.69, 9.17) is 10.5 Å². The molecule has 2 aromatic heterocycles. The van der Waals surface area contributed by atoms with Crippen molar-refractivity contribution in [2.45, 2.75) is 13.8 Å². The molecule has 0 spiro atoms. The molecule has 0 saturated heterocycles. The zero-order chi connectivity index (χ0) is 17.0. The number of nitrogens with zero attached hydrogens (tertiary/aromatic N) is 5. The van der Waals surface area contributed by atoms with Crippen molar-refractivity contribution in [1.82, 2.24) is 19.7 Å². The van der Waals surface area contributed by atoms with Gasteiger partial charge < -0.3 is 15.4 Å². The number of esters is 1. The van der Waals surface area contributed by atoms with Gasteiger partial charge in [0, 0.05) is 31.8 Å². The topological polar surface area (TPSA) is 99.2 Å². The van der Waals surface area contributed by atoms with Gasteiger partial charge in [0.2, 0.25) is 5.95 Å². The summed E-state index contributed by atoms with van der Waals surface area (Å²) in [5.74, 6) is 1.03. The Bertz CT molecular complexity index is 736. The molecule has 122 valence electrons. The Morgan fingerprint density at radius 2 is 2.17 bits per heavy atom. The molecular weight excluding hydrogens is 296 g/mol. The molecule has 0 fully saturated rings. The Kier molecular flexibility index (Phi) is 4.95. The quantitative estimate of drug-likeness (QED) is 0.653. The number of carbonyl (C=O) groups is 1. The summed E-state index contributed by atoms with van der Waals surface area (Å²) in [6, 6.07) is 1.79. The predicted octanol–water partition coefficient (Wildman–Crippen LogP) is 1.20. The van der Waals surface area contributed by atoms with Crippen LogP contribution in [0.15, 0.2) is 18.3 Å². The van der Waals surface area contributed by atoms with E-state index in [1.165, 1.54) is 6.08 Å². The minimum atomic E-state index is -0.388. The van der Waals surface area contributed by atoms with Crippen LogP contribution < -0.4 is 10.6 Å². The fraction of sp³-hybridized carbons (Fsp3) is 0.333. The lowest BCUT2D eigenvalue weighted by Crippen LogP contribution is -2.14. The lowest BCUT2D eigenvalue weighted by Gasteiger charge is -2.13. The van der Waals surface area contributed by atoms with Crippen LogP contribution in [0.4, 0.5) is 11.8 Å². The predicted molar refractivity (Wildman–Crippen MR) is 88.3 cm³/mol. The van der Waals surface area contributed by atoms with Crippen molar-refractivity contribution in [3.63, 3.8) is 0 Å². The van der Waals surface area contributed by atoms with E-state index in [1.807, 2.05) is 25.9 Å². The van der Waals surface area contributed by atoms with Crippen LogP contribution in [0.2, 0.25) is 0 Å². The summed E-state index contributed by atoms with van der Waals surface area (Å²) in [7, 11) is 3.74. The summed E-state index contributed by atoms with van der Waals surface area (Å²) >= 11 is 0. The summed E-state index contributed by atoms with van der Waals surface area (Å²) in [5.41, 5.74) is 7.38. The first-order valence-electron chi connectivity index (χ1n) is 7.14. The van der Waals surface area contributed by atoms with Crippen molar-refractivity contribution in [3.05, 3.63) is 29.6 Å². The van der Waals surface area contributed by atoms with Gasteiger partial charge in [0.1, 0.15) is 5.82 Å². The lowest BCUT2D eigenvalue weighted by atomic mass is 10.2. The van der Waals surface area contributed by atoms with E-state index in [0.29, 0.717) is 18.2 Å². The Hall–Kier alpha value is -2.90. The minimum Gasteiger partial charge on any atom is -0.463 e. The summed E-state index contributed by atoms with van der Waals surface area (Å²) in [6.07, 6.45) is 4.68. The fourth-order valence-electron chi connectivity index (χ4n) is 1.94. The number of nitrogen functional groups attached to an aromatic ring is 1. The molecule has 0 unspecified atom stereocenters. The maximum absolute atomic E-state index is 11.4. The lowest BCUT2D eigenvalue weighted by molar-refractivity contribution is -0.137. The Morgan fingerprint density at radius 1 is 1.43 bits per heavy atom. The second-order valence-electron chi connectivity index (χ2n) is 5.02. The summed E-state index contributed by atoms with van der Waals surface area (Å²) in [5, 5.41) is 4.30. The zero-order valence-corrected chi connectivity index (χ0v) is 13.6. The average Bonchev–Trinajstić information content (AvgIpc) is 2.86. The standard InChI is InChI=1S/C15H20N6O2/c1-5-23-14(22)7-6-11-9-17-21(10(11)2)13-8-12(20(3)4)18-15(16)19-13/h6-9H,5H2,1-4H3,(H2,16,18,19)/b7-6+. The number of ether oxygens (including phenoxy) is 1. The molecule has 0 atom stereocenters. The SMILES string of the molecule is CCOC(=O)/C=C/c1cnn(-c2cc(N(C)C)nc(N)n2)c1C. The minimum absolute atomic E-state index is 0.171. The van der Waals surface area contributed by atoms with Crippen molar-refractivity contribution < 1.29 is 9.53 Å². The Labute approximate surface area is 134 Å². The van der Waals surface area contributed by atoms with Crippen LogP contribution >= 0.6 is 0 Å². The van der Waals surface area contributed by atoms with Crippen LogP contribution in [0.25, 0.3) is 11.9 Å². The molecule has 0 amide bonds. The third kappa shape index (κ3) is 3.85. The first kappa shape index (κ1) is 16.5. The number of rotatable bonds is 5. The van der Waals surface area contributed by atoms with Crippen LogP contribution in [0.3, 0.4) is 0 Å². The van der Waals surface area contributed by atoms with Gasteiger partial charge >= 0.3 is 5.97 Å². The van der Waals surface area contributed by atoms with E-state index >= 15 is 0 Å². The first-order valence-corrected chi connectivity index (χ1v) is 7.14. The molecule has 0 aliphatic carbocycles. The van der Waals surface area contributed by atoms with Gasteiger partial charge in [0.15, 0.2) is 5.82 Å². The highest BCUT2D eigenvalue weighted by Gasteiger charge is 2.11. The monoisotopic (exact) mass is 316 g/mol. The van der Waals surface area contributed by atoms with E-state index in [2.05, 4.69) is 15.1 Å². The number of nitrogens with two attached hydrogens (primary N) is 1. The molecule has 23 heavy (non-hydrogen) atoms. The van der Waals surface area contributed by atoms with Crippen LogP contribution in [0, 0.1) is 6.92 Å². The van der Waals surface area contributed by atoms with Crippen molar-refractivity contribution >= 4 is 23.8 Å². The summed E-state index contributed by atoms with van der Waals surface area (Å²) in [6.45, 7) is 3.98. The van der Waals surface area contributed by atoms with Crippen molar-refractivity contribution in [2.75, 3.05) is 31.3 Å². The molecule has 8 nitrogen and oxygen atoms in total. The van der Waals surface area contributed by atoms with Crippen molar-refractivity contribution in [1.29, 1.82) is 0 Å². The number of hydrogen-bond acceptors (Lipinski definition) is 7. The highest BCUT2D eigenvalue weighted by molar-refractivity contribution is 5.87. The van der Waals surface area contributed by atoms with Gasteiger partial charge in [-0.2, -0.15) is 15.1 Å². The maximum atomic E-state index is 11.4. The van der Waals surface area contributed by atoms with Crippen molar-refractivity contribution in [3.8, 4) is 5.82 Å². The second kappa shape index (κ2) is 6.91. The Balaban J connectivity index is 2.34. The molecule has 2 N–H and O–H groups in total. The maximum Gasteiger partial charge on any atom is 0.330 e. The molecular formula is C15H20N6O2. The van der Waals surface area contributed by atoms with E-state index in [0.717, 1.165) is 11.3 Å². The van der Waals surface area contributed by atoms with E-state index in [1.54, 1.807) is 29.9 Å². The number of aromatic nitrogens is 4. The first-order chi connectivity index (χ1) is 10.9. The van der Waals surface area contributed by atoms with Gasteiger partial charge in [-0.15, -0.1) is 0 Å². The molecule has 0 aliphatic heterocycles. The van der Waals surface area contributed by atoms with Gasteiger partial charge in [-0.3, -0.25) is 0 Å².